The minimum Gasteiger partial charge on any atom is -0.391 e. The number of nitrogens with one attached hydrogen (secondary N) is 9. The summed E-state index contributed by atoms with van der Waals surface area (Å²) in [6.45, 7) is 10.1. The van der Waals surface area contributed by atoms with E-state index in [1.54, 1.807) is 0 Å². The molecular formula is C46H87N13O10. The van der Waals surface area contributed by atoms with Gasteiger partial charge in [-0.3, -0.25) is 43.2 Å². The quantitative estimate of drug-likeness (QED) is 0.0441. The van der Waals surface area contributed by atoms with Gasteiger partial charge in [0.1, 0.15) is 48.3 Å². The number of amides is 9. The third-order valence-corrected chi connectivity index (χ3v) is 11.5. The number of unbranched alkanes of at least 4 members (excludes halogenated alkanes) is 6. The number of hydrogen-bond donors (Lipinski definition) is 14. The third kappa shape index (κ3) is 24.4. The van der Waals surface area contributed by atoms with Crippen LogP contribution in [0.15, 0.2) is 0 Å². The lowest BCUT2D eigenvalue weighted by Crippen LogP contribution is -2.61. The minimum atomic E-state index is -1.59. The number of aliphatic hydroxyl groups excluding tert-OH is 1. The lowest BCUT2D eigenvalue weighted by atomic mass is 9.99. The normalized spacial score (nSPS) is 23.9. The summed E-state index contributed by atoms with van der Waals surface area (Å²) >= 11 is 0. The van der Waals surface area contributed by atoms with Gasteiger partial charge in [-0.25, -0.2) is 0 Å². The summed E-state index contributed by atoms with van der Waals surface area (Å²) < 4.78 is 0. The first-order valence-electron chi connectivity index (χ1n) is 24.9. The van der Waals surface area contributed by atoms with Gasteiger partial charge in [0, 0.05) is 13.0 Å². The fourth-order valence-corrected chi connectivity index (χ4v) is 7.67. The Labute approximate surface area is 408 Å². The molecule has 1 aliphatic heterocycles. The molecule has 1 heterocycles. The molecule has 9 atom stereocenters. The SMILES string of the molecule is CCCCCCCCCC(=O)N[C@H](CCN)C(=O)N[C@H]1CCNC(=O)[C@H]([C@@H](C)O)NC(=O)[C@H](CCN)NC(=O)[C@H](CCN)NC(=O)[C@@H](CC(C)C)NC(=O)[C@@H](CC(C)C)NC(=O)[C@H](CCN)NC1=O. The molecule has 0 aliphatic carbocycles. The molecule has 23 heteroatoms. The van der Waals surface area contributed by atoms with Crippen LogP contribution in [0.3, 0.4) is 0 Å². The molecule has 1 rings (SSSR count). The van der Waals surface area contributed by atoms with Crippen LogP contribution in [0, 0.1) is 11.8 Å². The monoisotopic (exact) mass is 982 g/mol. The Balaban J connectivity index is 3.75. The molecule has 0 radical (unpaired) electrons. The first-order valence-corrected chi connectivity index (χ1v) is 24.9. The molecule has 18 N–H and O–H groups in total. The van der Waals surface area contributed by atoms with Gasteiger partial charge in [0.2, 0.25) is 53.2 Å². The Kier molecular flexibility index (Phi) is 30.9. The van der Waals surface area contributed by atoms with Crippen LogP contribution in [0.4, 0.5) is 0 Å². The van der Waals surface area contributed by atoms with Crippen molar-refractivity contribution in [2.45, 2.75) is 192 Å². The van der Waals surface area contributed by atoms with E-state index < -0.39 is 102 Å². The lowest BCUT2D eigenvalue weighted by Gasteiger charge is -2.29. The van der Waals surface area contributed by atoms with Crippen molar-refractivity contribution in [1.29, 1.82) is 0 Å². The van der Waals surface area contributed by atoms with Crippen LogP contribution in [0.25, 0.3) is 0 Å². The zero-order valence-corrected chi connectivity index (χ0v) is 41.9. The zero-order chi connectivity index (χ0) is 52.1. The summed E-state index contributed by atoms with van der Waals surface area (Å²) in [6, 6.07) is -10.6. The van der Waals surface area contributed by atoms with E-state index in [-0.39, 0.29) is 102 Å². The molecule has 0 aromatic carbocycles. The molecule has 0 bridgehead atoms. The number of nitrogens with two attached hydrogens (primary N) is 4. The van der Waals surface area contributed by atoms with E-state index in [9.17, 15) is 48.3 Å². The van der Waals surface area contributed by atoms with Crippen LogP contribution in [0.2, 0.25) is 0 Å². The standard InChI is InChI=1S/C46H87N13O10/c1-7-8-9-10-11-12-13-14-37(61)52-30(15-20-47)39(62)56-34-19-24-51-46(69)38(29(6)60)59-43(66)33(18-23-50)54-40(63)31(16-21-48)55-44(67)35(25-27(2)3)58-45(68)36(26-28(4)5)57-41(64)32(17-22-49)53-42(34)65/h27-36,38,60H,7-26,47-50H2,1-6H3,(H,51,69)(H,52,61)(H,53,65)(H,54,63)(H,55,67)(H,56,62)(H,57,64)(H,58,68)(H,59,66)/t29-,30-,31+,32+,33+,34+,35-,36-,38+/m1/s1. The first-order chi connectivity index (χ1) is 32.7. The van der Waals surface area contributed by atoms with Gasteiger partial charge in [0.05, 0.1) is 6.10 Å². The van der Waals surface area contributed by atoms with Crippen LogP contribution in [0.1, 0.15) is 138 Å². The first kappa shape index (κ1) is 62.0. The molecule has 23 nitrogen and oxygen atoms in total. The lowest BCUT2D eigenvalue weighted by molar-refractivity contribution is -0.136. The van der Waals surface area contributed by atoms with Gasteiger partial charge >= 0.3 is 0 Å². The fraction of sp³-hybridized carbons (Fsp3) is 0.804. The second-order valence-electron chi connectivity index (χ2n) is 18.7. The number of rotatable bonds is 24. The highest BCUT2D eigenvalue weighted by molar-refractivity contribution is 5.98. The Morgan fingerprint density at radius 2 is 1.00 bits per heavy atom. The molecule has 0 saturated carbocycles. The summed E-state index contributed by atoms with van der Waals surface area (Å²) in [4.78, 5) is 124. The Bertz CT molecular complexity index is 1640. The van der Waals surface area contributed by atoms with Crippen molar-refractivity contribution in [3.8, 4) is 0 Å². The van der Waals surface area contributed by atoms with Crippen LogP contribution in [0.5, 0.6) is 0 Å². The van der Waals surface area contributed by atoms with Gasteiger partial charge in [-0.05, 0) is 96.3 Å². The van der Waals surface area contributed by atoms with Gasteiger partial charge in [0.25, 0.3) is 0 Å². The zero-order valence-electron chi connectivity index (χ0n) is 41.9. The summed E-state index contributed by atoms with van der Waals surface area (Å²) in [7, 11) is 0. The van der Waals surface area contributed by atoms with Gasteiger partial charge in [0.15, 0.2) is 0 Å². The van der Waals surface area contributed by atoms with Crippen LogP contribution >= 0.6 is 0 Å². The highest BCUT2D eigenvalue weighted by Gasteiger charge is 2.36. The second kappa shape index (κ2) is 34.3. The van der Waals surface area contributed by atoms with E-state index >= 15 is 0 Å². The van der Waals surface area contributed by atoms with Crippen molar-refractivity contribution in [2.75, 3.05) is 32.7 Å². The van der Waals surface area contributed by atoms with Crippen molar-refractivity contribution in [3.63, 3.8) is 0 Å². The summed E-state index contributed by atoms with van der Waals surface area (Å²) in [6.07, 6.45) is 5.24. The summed E-state index contributed by atoms with van der Waals surface area (Å²) in [5.41, 5.74) is 23.4. The van der Waals surface area contributed by atoms with E-state index in [0.717, 1.165) is 38.5 Å². The van der Waals surface area contributed by atoms with Crippen molar-refractivity contribution in [3.05, 3.63) is 0 Å². The predicted molar refractivity (Wildman–Crippen MR) is 261 cm³/mol. The van der Waals surface area contributed by atoms with Gasteiger partial charge in [-0.1, -0.05) is 73.1 Å². The highest BCUT2D eigenvalue weighted by atomic mass is 16.3. The summed E-state index contributed by atoms with van der Waals surface area (Å²) in [5.74, 6) is -7.16. The van der Waals surface area contributed by atoms with Crippen LogP contribution in [-0.2, 0) is 43.2 Å². The van der Waals surface area contributed by atoms with E-state index in [4.69, 9.17) is 22.9 Å². The van der Waals surface area contributed by atoms with E-state index in [0.29, 0.717) is 6.42 Å². The van der Waals surface area contributed by atoms with Crippen molar-refractivity contribution in [1.82, 2.24) is 47.9 Å². The maximum atomic E-state index is 14.2. The molecule has 0 unspecified atom stereocenters. The minimum absolute atomic E-state index is 0.00598. The largest absolute Gasteiger partial charge is 0.391 e. The van der Waals surface area contributed by atoms with Crippen LogP contribution < -0.4 is 70.8 Å². The van der Waals surface area contributed by atoms with Gasteiger partial charge < -0.3 is 75.9 Å². The highest BCUT2D eigenvalue weighted by Crippen LogP contribution is 2.12. The maximum Gasteiger partial charge on any atom is 0.245 e. The molecular weight excluding hydrogens is 895 g/mol. The smallest absolute Gasteiger partial charge is 0.245 e. The second-order valence-corrected chi connectivity index (χ2v) is 18.7. The Hall–Kier alpha value is -4.97. The average Bonchev–Trinajstić information content (AvgIpc) is 3.27. The fourth-order valence-electron chi connectivity index (χ4n) is 7.67. The van der Waals surface area contributed by atoms with Crippen molar-refractivity contribution >= 4 is 53.2 Å². The number of hydrogen-bond acceptors (Lipinski definition) is 14. The van der Waals surface area contributed by atoms with Gasteiger partial charge in [-0.15, -0.1) is 0 Å². The molecule has 0 spiro atoms. The van der Waals surface area contributed by atoms with Crippen molar-refractivity contribution < 1.29 is 48.3 Å². The molecule has 69 heavy (non-hydrogen) atoms. The Morgan fingerprint density at radius 1 is 0.580 bits per heavy atom. The third-order valence-electron chi connectivity index (χ3n) is 11.5. The molecule has 1 aliphatic rings. The molecule has 1 saturated heterocycles. The Morgan fingerprint density at radius 3 is 1.43 bits per heavy atom. The van der Waals surface area contributed by atoms with E-state index in [2.05, 4.69) is 54.8 Å². The summed E-state index contributed by atoms with van der Waals surface area (Å²) in [5, 5.41) is 34.2. The van der Waals surface area contributed by atoms with E-state index in [1.807, 2.05) is 27.7 Å². The average molecular weight is 982 g/mol. The van der Waals surface area contributed by atoms with E-state index in [1.165, 1.54) is 6.92 Å². The molecule has 0 aromatic rings. The van der Waals surface area contributed by atoms with Gasteiger partial charge in [-0.2, -0.15) is 0 Å². The maximum absolute atomic E-state index is 14.2. The molecule has 9 amide bonds. The number of carbonyl (C=O) groups is 9. The molecule has 396 valence electrons. The number of aliphatic hydroxyl groups is 1. The van der Waals surface area contributed by atoms with Crippen LogP contribution in [-0.4, -0.2) is 145 Å². The number of carbonyl (C=O) groups excluding carboxylic acids is 9. The topological polar surface area (TPSA) is 386 Å². The predicted octanol–water partition coefficient (Wildman–Crippen LogP) is -2.61. The van der Waals surface area contributed by atoms with Crippen molar-refractivity contribution in [2.24, 2.45) is 34.8 Å². The molecule has 1 fully saturated rings. The molecule has 0 aromatic heterocycles.